The molecule has 1 unspecified atom stereocenters. The number of nitrogens with one attached hydrogen (secondary N) is 1. The predicted molar refractivity (Wildman–Crippen MR) is 88.9 cm³/mol. The van der Waals surface area contributed by atoms with Crippen LogP contribution in [0.4, 0.5) is 4.79 Å². The number of rotatable bonds is 5. The van der Waals surface area contributed by atoms with Gasteiger partial charge in [0.15, 0.2) is 0 Å². The van der Waals surface area contributed by atoms with Gasteiger partial charge in [0.05, 0.1) is 23.2 Å². The Balaban J connectivity index is 1.88. The molecule has 0 spiro atoms. The van der Waals surface area contributed by atoms with E-state index in [0.29, 0.717) is 19.0 Å². The lowest BCUT2D eigenvalue weighted by molar-refractivity contribution is 0.00979. The molecule has 1 fully saturated rings. The minimum atomic E-state index is -0.858. The Hall–Kier alpha value is -1.14. The normalized spacial score (nSPS) is 19.0. The van der Waals surface area contributed by atoms with Crippen molar-refractivity contribution in [3.05, 3.63) is 16.1 Å². The molecule has 1 atom stereocenters. The van der Waals surface area contributed by atoms with Crippen molar-refractivity contribution in [1.29, 1.82) is 0 Å². The van der Waals surface area contributed by atoms with Gasteiger partial charge in [-0.25, -0.2) is 9.78 Å². The fourth-order valence-electron chi connectivity index (χ4n) is 2.88. The van der Waals surface area contributed by atoms with Crippen molar-refractivity contribution in [3.63, 3.8) is 0 Å². The van der Waals surface area contributed by atoms with E-state index in [0.717, 1.165) is 29.1 Å². The van der Waals surface area contributed by atoms with Gasteiger partial charge in [-0.05, 0) is 32.6 Å². The maximum atomic E-state index is 12.3. The van der Waals surface area contributed by atoms with Gasteiger partial charge >= 0.3 is 6.03 Å². The quantitative estimate of drug-likeness (QED) is 0.875. The van der Waals surface area contributed by atoms with Crippen LogP contribution in [0, 0.1) is 5.92 Å². The largest absolute Gasteiger partial charge is 0.388 e. The van der Waals surface area contributed by atoms with Gasteiger partial charge in [-0.15, -0.1) is 11.3 Å². The van der Waals surface area contributed by atoms with Crippen LogP contribution in [-0.4, -0.2) is 39.2 Å². The standard InChI is InChI=1S/C16H27N3O2S/c1-11(2)8-14-17-9-12(22-14)10-18-15(20)19-7-5-6-13(19)16(3,4)21/h9,11,13,21H,5-8,10H2,1-4H3,(H,18,20). The molecular weight excluding hydrogens is 298 g/mol. The SMILES string of the molecule is CC(C)Cc1ncc(CNC(=O)N2CCCC2C(C)(C)O)s1. The van der Waals surface area contributed by atoms with Crippen molar-refractivity contribution in [2.75, 3.05) is 6.54 Å². The molecule has 2 amide bonds. The minimum Gasteiger partial charge on any atom is -0.388 e. The Morgan fingerprint density at radius 2 is 2.32 bits per heavy atom. The molecule has 5 nitrogen and oxygen atoms in total. The Morgan fingerprint density at radius 3 is 2.95 bits per heavy atom. The first-order chi connectivity index (χ1) is 10.3. The van der Waals surface area contributed by atoms with Crippen LogP contribution in [0.2, 0.25) is 0 Å². The predicted octanol–water partition coefficient (Wildman–Crippen LogP) is 2.79. The smallest absolute Gasteiger partial charge is 0.318 e. The van der Waals surface area contributed by atoms with Crippen LogP contribution in [0.25, 0.3) is 0 Å². The van der Waals surface area contributed by atoms with Gasteiger partial charge in [-0.2, -0.15) is 0 Å². The molecular formula is C16H27N3O2S. The molecule has 0 radical (unpaired) electrons. The average Bonchev–Trinajstić information content (AvgIpc) is 3.02. The number of aliphatic hydroxyl groups is 1. The second-order valence-corrected chi connectivity index (χ2v) is 8.18. The number of hydrogen-bond donors (Lipinski definition) is 2. The molecule has 0 aliphatic carbocycles. The summed E-state index contributed by atoms with van der Waals surface area (Å²) in [5.41, 5.74) is -0.858. The lowest BCUT2D eigenvalue weighted by Crippen LogP contribution is -2.51. The summed E-state index contributed by atoms with van der Waals surface area (Å²) >= 11 is 1.66. The number of hydrogen-bond acceptors (Lipinski definition) is 4. The third-order valence-electron chi connectivity index (χ3n) is 3.93. The number of likely N-dealkylation sites (tertiary alicyclic amines) is 1. The number of nitrogens with zero attached hydrogens (tertiary/aromatic N) is 2. The van der Waals surface area contributed by atoms with Crippen molar-refractivity contribution in [2.24, 2.45) is 5.92 Å². The summed E-state index contributed by atoms with van der Waals surface area (Å²) in [5.74, 6) is 0.589. The van der Waals surface area contributed by atoms with Crippen molar-refractivity contribution < 1.29 is 9.90 Å². The Labute approximate surface area is 136 Å². The van der Waals surface area contributed by atoms with Crippen LogP contribution < -0.4 is 5.32 Å². The minimum absolute atomic E-state index is 0.0940. The van der Waals surface area contributed by atoms with Gasteiger partial charge in [-0.1, -0.05) is 13.8 Å². The number of carbonyl (C=O) groups excluding carboxylic acids is 1. The number of aromatic nitrogens is 1. The molecule has 1 aromatic rings. The first kappa shape index (κ1) is 17.2. The van der Waals surface area contributed by atoms with Crippen LogP contribution in [0.3, 0.4) is 0 Å². The van der Waals surface area contributed by atoms with E-state index in [-0.39, 0.29) is 12.1 Å². The first-order valence-corrected chi connectivity index (χ1v) is 8.79. The molecule has 6 heteroatoms. The second-order valence-electron chi connectivity index (χ2n) is 6.98. The highest BCUT2D eigenvalue weighted by Gasteiger charge is 2.38. The van der Waals surface area contributed by atoms with E-state index in [1.807, 2.05) is 6.20 Å². The maximum Gasteiger partial charge on any atom is 0.318 e. The summed E-state index contributed by atoms with van der Waals surface area (Å²) in [7, 11) is 0. The topological polar surface area (TPSA) is 65.5 Å². The van der Waals surface area contributed by atoms with E-state index in [9.17, 15) is 9.90 Å². The van der Waals surface area contributed by atoms with Crippen molar-refractivity contribution in [2.45, 2.75) is 65.1 Å². The monoisotopic (exact) mass is 325 g/mol. The van der Waals surface area contributed by atoms with Crippen molar-refractivity contribution in [3.8, 4) is 0 Å². The summed E-state index contributed by atoms with van der Waals surface area (Å²) in [6.45, 7) is 9.10. The van der Waals surface area contributed by atoms with Crippen LogP contribution in [0.15, 0.2) is 6.20 Å². The molecule has 1 aliphatic rings. The highest BCUT2D eigenvalue weighted by Crippen LogP contribution is 2.26. The van der Waals surface area contributed by atoms with Gasteiger partial charge in [-0.3, -0.25) is 0 Å². The summed E-state index contributed by atoms with van der Waals surface area (Å²) in [4.78, 5) is 19.6. The van der Waals surface area contributed by atoms with Gasteiger partial charge in [0, 0.05) is 24.0 Å². The fraction of sp³-hybridized carbons (Fsp3) is 0.750. The van der Waals surface area contributed by atoms with E-state index in [1.54, 1.807) is 30.1 Å². The Morgan fingerprint density at radius 1 is 1.59 bits per heavy atom. The lowest BCUT2D eigenvalue weighted by atomic mass is 9.97. The van der Waals surface area contributed by atoms with Gasteiger partial charge in [0.1, 0.15) is 0 Å². The fourth-order valence-corrected chi connectivity index (χ4v) is 3.96. The Bertz CT molecular complexity index is 508. The highest BCUT2D eigenvalue weighted by molar-refractivity contribution is 7.11. The number of urea groups is 1. The van der Waals surface area contributed by atoms with E-state index in [1.165, 1.54) is 0 Å². The molecule has 0 aromatic carbocycles. The molecule has 0 saturated carbocycles. The summed E-state index contributed by atoms with van der Waals surface area (Å²) in [5, 5.41) is 14.3. The van der Waals surface area contributed by atoms with Crippen LogP contribution >= 0.6 is 11.3 Å². The van der Waals surface area contributed by atoms with E-state index < -0.39 is 5.60 Å². The highest BCUT2D eigenvalue weighted by atomic mass is 32.1. The zero-order chi connectivity index (χ0) is 16.3. The molecule has 1 saturated heterocycles. The number of amides is 2. The van der Waals surface area contributed by atoms with Crippen LogP contribution in [0.1, 0.15) is 50.4 Å². The van der Waals surface area contributed by atoms with Crippen molar-refractivity contribution >= 4 is 17.4 Å². The number of carbonyl (C=O) groups is 1. The lowest BCUT2D eigenvalue weighted by Gasteiger charge is -2.33. The average molecular weight is 325 g/mol. The number of thiazole rings is 1. The summed E-state index contributed by atoms with van der Waals surface area (Å²) in [6, 6.07) is -0.200. The zero-order valence-corrected chi connectivity index (χ0v) is 14.7. The van der Waals surface area contributed by atoms with Crippen LogP contribution in [-0.2, 0) is 13.0 Å². The van der Waals surface area contributed by atoms with E-state index in [4.69, 9.17) is 0 Å². The molecule has 2 heterocycles. The van der Waals surface area contributed by atoms with E-state index >= 15 is 0 Å². The van der Waals surface area contributed by atoms with Gasteiger partial charge in [0.25, 0.3) is 0 Å². The van der Waals surface area contributed by atoms with Gasteiger partial charge in [0.2, 0.25) is 0 Å². The molecule has 2 rings (SSSR count). The van der Waals surface area contributed by atoms with E-state index in [2.05, 4.69) is 24.1 Å². The molecule has 2 N–H and O–H groups in total. The first-order valence-electron chi connectivity index (χ1n) is 7.98. The Kier molecular flexibility index (Phi) is 5.45. The zero-order valence-electron chi connectivity index (χ0n) is 13.9. The third-order valence-corrected chi connectivity index (χ3v) is 4.95. The summed E-state index contributed by atoms with van der Waals surface area (Å²) < 4.78 is 0. The molecule has 0 bridgehead atoms. The van der Waals surface area contributed by atoms with Gasteiger partial charge < -0.3 is 15.3 Å². The summed E-state index contributed by atoms with van der Waals surface area (Å²) in [6.07, 6.45) is 4.63. The molecule has 1 aliphatic heterocycles. The molecule has 124 valence electrons. The molecule has 22 heavy (non-hydrogen) atoms. The second kappa shape index (κ2) is 6.96. The maximum absolute atomic E-state index is 12.3. The van der Waals surface area contributed by atoms with Crippen LogP contribution in [0.5, 0.6) is 0 Å². The molecule has 1 aromatic heterocycles. The third kappa shape index (κ3) is 4.43. The van der Waals surface area contributed by atoms with Crippen molar-refractivity contribution in [1.82, 2.24) is 15.2 Å².